The molecule has 3 nitrogen and oxygen atoms in total. The first-order chi connectivity index (χ1) is 16.2. The van der Waals surface area contributed by atoms with Crippen LogP contribution in [0.3, 0.4) is 0 Å². The van der Waals surface area contributed by atoms with E-state index in [1.807, 2.05) is 66.7 Å². The summed E-state index contributed by atoms with van der Waals surface area (Å²) in [6, 6.07) is 28.2. The number of rotatable bonds is 13. The standard InChI is InChI=1S/C30H35NO2/c1-2-3-4-5-12-23-33-28-20-17-25(18-21-28)19-22-30(32)31-29(27-15-10-7-11-16-27)24-26-13-8-6-9-14-26/h6-11,13-22,29H,2-5,12,23-24H2,1H3,(H,31,32). The lowest BCUT2D eigenvalue weighted by Crippen LogP contribution is -2.28. The predicted octanol–water partition coefficient (Wildman–Crippen LogP) is 7.15. The SMILES string of the molecule is CCCCCCCOc1ccc(C=CC(=O)NC(Cc2ccccc2)c2ccccc2)cc1. The second-order valence-electron chi connectivity index (χ2n) is 8.33. The Balaban J connectivity index is 1.52. The first kappa shape index (κ1) is 24.3. The van der Waals surface area contributed by atoms with E-state index in [1.165, 1.54) is 31.2 Å². The molecule has 0 heterocycles. The summed E-state index contributed by atoms with van der Waals surface area (Å²) in [5, 5.41) is 3.16. The molecule has 1 amide bonds. The number of hydrogen-bond donors (Lipinski definition) is 1. The topological polar surface area (TPSA) is 38.3 Å². The molecule has 0 radical (unpaired) electrons. The van der Waals surface area contributed by atoms with Crippen molar-refractivity contribution in [3.8, 4) is 5.75 Å². The summed E-state index contributed by atoms with van der Waals surface area (Å²) in [6.07, 6.45) is 10.3. The molecule has 1 unspecified atom stereocenters. The van der Waals surface area contributed by atoms with Crippen LogP contribution in [0.15, 0.2) is 91.0 Å². The molecular formula is C30H35NO2. The van der Waals surface area contributed by atoms with Crippen LogP contribution in [0.2, 0.25) is 0 Å². The van der Waals surface area contributed by atoms with Crippen molar-refractivity contribution in [3.63, 3.8) is 0 Å². The van der Waals surface area contributed by atoms with E-state index in [1.54, 1.807) is 6.08 Å². The summed E-state index contributed by atoms with van der Waals surface area (Å²) in [7, 11) is 0. The van der Waals surface area contributed by atoms with Crippen molar-refractivity contribution in [3.05, 3.63) is 108 Å². The quantitative estimate of drug-likeness (QED) is 0.226. The highest BCUT2D eigenvalue weighted by molar-refractivity contribution is 5.92. The van der Waals surface area contributed by atoms with Gasteiger partial charge in [0.15, 0.2) is 0 Å². The Morgan fingerprint density at radius 1 is 0.848 bits per heavy atom. The third kappa shape index (κ3) is 8.97. The molecule has 3 aromatic carbocycles. The molecule has 0 aliphatic heterocycles. The Labute approximate surface area is 198 Å². The summed E-state index contributed by atoms with van der Waals surface area (Å²) in [5.74, 6) is 0.770. The van der Waals surface area contributed by atoms with Crippen LogP contribution in [-0.2, 0) is 11.2 Å². The van der Waals surface area contributed by atoms with Crippen molar-refractivity contribution in [1.29, 1.82) is 0 Å². The molecule has 0 bridgehead atoms. The first-order valence-electron chi connectivity index (χ1n) is 12.0. The number of unbranched alkanes of at least 4 members (excludes halogenated alkanes) is 4. The lowest BCUT2D eigenvalue weighted by molar-refractivity contribution is -0.117. The molecule has 3 rings (SSSR count). The molecule has 0 saturated heterocycles. The van der Waals surface area contributed by atoms with Crippen LogP contribution in [-0.4, -0.2) is 12.5 Å². The van der Waals surface area contributed by atoms with Crippen LogP contribution >= 0.6 is 0 Å². The molecule has 3 aromatic rings. The van der Waals surface area contributed by atoms with E-state index >= 15 is 0 Å². The highest BCUT2D eigenvalue weighted by atomic mass is 16.5. The molecule has 0 spiro atoms. The molecule has 1 N–H and O–H groups in total. The largest absolute Gasteiger partial charge is 0.494 e. The zero-order valence-electron chi connectivity index (χ0n) is 19.6. The van der Waals surface area contributed by atoms with Crippen LogP contribution < -0.4 is 10.1 Å². The van der Waals surface area contributed by atoms with Gasteiger partial charge >= 0.3 is 0 Å². The second kappa shape index (κ2) is 13.9. The van der Waals surface area contributed by atoms with Gasteiger partial charge in [0.25, 0.3) is 0 Å². The maximum atomic E-state index is 12.7. The predicted molar refractivity (Wildman–Crippen MR) is 137 cm³/mol. The molecule has 172 valence electrons. The van der Waals surface area contributed by atoms with E-state index in [-0.39, 0.29) is 11.9 Å². The van der Waals surface area contributed by atoms with E-state index in [2.05, 4.69) is 36.5 Å². The molecule has 0 saturated carbocycles. The van der Waals surface area contributed by atoms with Gasteiger partial charge < -0.3 is 10.1 Å². The van der Waals surface area contributed by atoms with Crippen molar-refractivity contribution in [2.24, 2.45) is 0 Å². The minimum Gasteiger partial charge on any atom is -0.494 e. The van der Waals surface area contributed by atoms with Gasteiger partial charge in [0.1, 0.15) is 5.75 Å². The third-order valence-electron chi connectivity index (χ3n) is 5.62. The van der Waals surface area contributed by atoms with E-state index in [0.717, 1.165) is 36.3 Å². The number of carbonyl (C=O) groups is 1. The van der Waals surface area contributed by atoms with Gasteiger partial charge in [-0.05, 0) is 47.7 Å². The first-order valence-corrected chi connectivity index (χ1v) is 12.0. The van der Waals surface area contributed by atoms with Gasteiger partial charge in [0.2, 0.25) is 5.91 Å². The number of hydrogen-bond acceptors (Lipinski definition) is 2. The van der Waals surface area contributed by atoms with E-state index < -0.39 is 0 Å². The maximum absolute atomic E-state index is 12.7. The minimum absolute atomic E-state index is 0.0844. The number of ether oxygens (including phenoxy) is 1. The van der Waals surface area contributed by atoms with Crippen LogP contribution in [0.25, 0.3) is 6.08 Å². The van der Waals surface area contributed by atoms with Gasteiger partial charge in [0.05, 0.1) is 12.6 Å². The third-order valence-corrected chi connectivity index (χ3v) is 5.62. The van der Waals surface area contributed by atoms with Gasteiger partial charge in [-0.15, -0.1) is 0 Å². The average molecular weight is 442 g/mol. The van der Waals surface area contributed by atoms with Crippen LogP contribution in [0, 0.1) is 0 Å². The fourth-order valence-electron chi connectivity index (χ4n) is 3.75. The Morgan fingerprint density at radius 3 is 2.21 bits per heavy atom. The van der Waals surface area contributed by atoms with Crippen molar-refractivity contribution in [2.75, 3.05) is 6.61 Å². The van der Waals surface area contributed by atoms with E-state index in [4.69, 9.17) is 4.74 Å². The Bertz CT molecular complexity index is 965. The maximum Gasteiger partial charge on any atom is 0.244 e. The second-order valence-corrected chi connectivity index (χ2v) is 8.33. The molecule has 33 heavy (non-hydrogen) atoms. The molecule has 0 aromatic heterocycles. The van der Waals surface area contributed by atoms with Gasteiger partial charge in [-0.1, -0.05) is 105 Å². The smallest absolute Gasteiger partial charge is 0.244 e. The summed E-state index contributed by atoms with van der Waals surface area (Å²) in [6.45, 7) is 2.98. The van der Waals surface area contributed by atoms with Crippen LogP contribution in [0.5, 0.6) is 5.75 Å². The van der Waals surface area contributed by atoms with Crippen LogP contribution in [0.1, 0.15) is 61.8 Å². The zero-order chi connectivity index (χ0) is 23.1. The number of carbonyl (C=O) groups excluding carboxylic acids is 1. The fraction of sp³-hybridized carbons (Fsp3) is 0.300. The number of benzene rings is 3. The van der Waals surface area contributed by atoms with Gasteiger partial charge in [-0.3, -0.25) is 4.79 Å². The minimum atomic E-state index is -0.104. The number of nitrogens with one attached hydrogen (secondary N) is 1. The van der Waals surface area contributed by atoms with Crippen molar-refractivity contribution in [2.45, 2.75) is 51.5 Å². The van der Waals surface area contributed by atoms with Crippen molar-refractivity contribution in [1.82, 2.24) is 5.32 Å². The fourth-order valence-corrected chi connectivity index (χ4v) is 3.75. The monoisotopic (exact) mass is 441 g/mol. The van der Waals surface area contributed by atoms with Crippen molar-refractivity contribution >= 4 is 12.0 Å². The van der Waals surface area contributed by atoms with Gasteiger partial charge in [-0.2, -0.15) is 0 Å². The average Bonchev–Trinajstić information content (AvgIpc) is 2.86. The van der Waals surface area contributed by atoms with E-state index in [0.29, 0.717) is 0 Å². The van der Waals surface area contributed by atoms with Crippen molar-refractivity contribution < 1.29 is 9.53 Å². The number of amides is 1. The lowest BCUT2D eigenvalue weighted by Gasteiger charge is -2.18. The summed E-state index contributed by atoms with van der Waals surface area (Å²) >= 11 is 0. The lowest BCUT2D eigenvalue weighted by atomic mass is 9.99. The van der Waals surface area contributed by atoms with Gasteiger partial charge in [-0.25, -0.2) is 0 Å². The highest BCUT2D eigenvalue weighted by Gasteiger charge is 2.14. The molecule has 0 aliphatic carbocycles. The zero-order valence-corrected chi connectivity index (χ0v) is 19.6. The summed E-state index contributed by atoms with van der Waals surface area (Å²) in [5.41, 5.74) is 3.26. The van der Waals surface area contributed by atoms with Gasteiger partial charge in [0, 0.05) is 6.08 Å². The molecule has 0 aliphatic rings. The molecule has 1 atom stereocenters. The Kier molecular flexibility index (Phi) is 10.3. The molecule has 3 heteroatoms. The van der Waals surface area contributed by atoms with Crippen LogP contribution in [0.4, 0.5) is 0 Å². The molecule has 0 fully saturated rings. The molecular weight excluding hydrogens is 406 g/mol. The summed E-state index contributed by atoms with van der Waals surface area (Å²) in [4.78, 5) is 12.7. The summed E-state index contributed by atoms with van der Waals surface area (Å²) < 4.78 is 5.82. The Hall–Kier alpha value is -3.33. The highest BCUT2D eigenvalue weighted by Crippen LogP contribution is 2.19. The normalized spacial score (nSPS) is 11.9. The van der Waals surface area contributed by atoms with E-state index in [9.17, 15) is 4.79 Å². The Morgan fingerprint density at radius 2 is 1.52 bits per heavy atom.